The molecule has 1 amide bonds. The van der Waals surface area contributed by atoms with Gasteiger partial charge in [-0.15, -0.1) is 0 Å². The second-order valence-corrected chi connectivity index (χ2v) is 5.67. The SMILES string of the molecule is CC(C(=O)Nc1ccccc1)N1CCC2(CC1)OCCO2. The Morgan fingerprint density at radius 1 is 1.19 bits per heavy atom. The van der Waals surface area contributed by atoms with Crippen LogP contribution in [0.5, 0.6) is 0 Å². The van der Waals surface area contributed by atoms with E-state index < -0.39 is 0 Å². The number of hydrogen-bond acceptors (Lipinski definition) is 4. The van der Waals surface area contributed by atoms with Crippen molar-refractivity contribution >= 4 is 11.6 Å². The van der Waals surface area contributed by atoms with Crippen LogP contribution in [-0.4, -0.2) is 48.9 Å². The number of amides is 1. The van der Waals surface area contributed by atoms with Crippen LogP contribution in [0, 0.1) is 0 Å². The average Bonchev–Trinajstić information content (AvgIpc) is 2.96. The first kappa shape index (κ1) is 14.5. The van der Waals surface area contributed by atoms with Crippen LogP contribution in [0.3, 0.4) is 0 Å². The predicted molar refractivity (Wildman–Crippen MR) is 80.0 cm³/mol. The number of nitrogens with one attached hydrogen (secondary N) is 1. The molecule has 1 N–H and O–H groups in total. The zero-order chi connectivity index (χ0) is 14.7. The van der Waals surface area contributed by atoms with E-state index in [9.17, 15) is 4.79 Å². The van der Waals surface area contributed by atoms with Gasteiger partial charge in [-0.3, -0.25) is 9.69 Å². The summed E-state index contributed by atoms with van der Waals surface area (Å²) in [5.74, 6) is -0.350. The van der Waals surface area contributed by atoms with Crippen LogP contribution in [0.4, 0.5) is 5.69 Å². The molecule has 3 rings (SSSR count). The number of hydrogen-bond donors (Lipinski definition) is 1. The molecule has 1 spiro atoms. The molecule has 0 radical (unpaired) electrons. The molecular weight excluding hydrogens is 268 g/mol. The lowest BCUT2D eigenvalue weighted by Gasteiger charge is -2.39. The molecule has 21 heavy (non-hydrogen) atoms. The summed E-state index contributed by atoms with van der Waals surface area (Å²) >= 11 is 0. The third kappa shape index (κ3) is 3.26. The number of nitrogens with zero attached hydrogens (tertiary/aromatic N) is 1. The largest absolute Gasteiger partial charge is 0.347 e. The van der Waals surface area contributed by atoms with E-state index in [1.165, 1.54) is 0 Å². The maximum absolute atomic E-state index is 12.3. The molecule has 1 unspecified atom stereocenters. The normalized spacial score (nSPS) is 23.1. The van der Waals surface area contributed by atoms with E-state index in [0.717, 1.165) is 31.6 Å². The monoisotopic (exact) mass is 290 g/mol. The number of benzene rings is 1. The summed E-state index contributed by atoms with van der Waals surface area (Å²) in [5.41, 5.74) is 0.838. The Labute approximate surface area is 125 Å². The highest BCUT2D eigenvalue weighted by atomic mass is 16.7. The van der Waals surface area contributed by atoms with Crippen molar-refractivity contribution in [2.75, 3.05) is 31.6 Å². The molecule has 1 aromatic rings. The van der Waals surface area contributed by atoms with Gasteiger partial charge in [0.05, 0.1) is 19.3 Å². The van der Waals surface area contributed by atoms with Crippen LogP contribution in [-0.2, 0) is 14.3 Å². The van der Waals surface area contributed by atoms with E-state index in [2.05, 4.69) is 10.2 Å². The number of carbonyl (C=O) groups excluding carboxylic acids is 1. The van der Waals surface area contributed by atoms with Crippen molar-refractivity contribution < 1.29 is 14.3 Å². The molecule has 5 heteroatoms. The Balaban J connectivity index is 1.54. The van der Waals surface area contributed by atoms with Crippen molar-refractivity contribution in [3.05, 3.63) is 30.3 Å². The highest BCUT2D eigenvalue weighted by molar-refractivity contribution is 5.94. The zero-order valence-electron chi connectivity index (χ0n) is 12.4. The Hall–Kier alpha value is -1.43. The smallest absolute Gasteiger partial charge is 0.241 e. The van der Waals surface area contributed by atoms with Gasteiger partial charge in [-0.2, -0.15) is 0 Å². The van der Waals surface area contributed by atoms with Crippen molar-refractivity contribution in [2.24, 2.45) is 0 Å². The maximum Gasteiger partial charge on any atom is 0.241 e. The van der Waals surface area contributed by atoms with Gasteiger partial charge in [0, 0.05) is 31.6 Å². The van der Waals surface area contributed by atoms with Gasteiger partial charge in [0.15, 0.2) is 5.79 Å². The Bertz CT molecular complexity index is 476. The Morgan fingerprint density at radius 3 is 2.43 bits per heavy atom. The topological polar surface area (TPSA) is 50.8 Å². The lowest BCUT2D eigenvalue weighted by atomic mass is 10.0. The molecule has 2 heterocycles. The van der Waals surface area contributed by atoms with Crippen molar-refractivity contribution in [3.8, 4) is 0 Å². The fourth-order valence-electron chi connectivity index (χ4n) is 2.97. The van der Waals surface area contributed by atoms with Crippen LogP contribution < -0.4 is 5.32 Å². The number of piperidine rings is 1. The first-order chi connectivity index (χ1) is 10.2. The minimum Gasteiger partial charge on any atom is -0.347 e. The van der Waals surface area contributed by atoms with Gasteiger partial charge in [0.1, 0.15) is 0 Å². The summed E-state index contributed by atoms with van der Waals surface area (Å²) in [6.07, 6.45) is 1.66. The van der Waals surface area contributed by atoms with Crippen LogP contribution in [0.15, 0.2) is 30.3 Å². The van der Waals surface area contributed by atoms with Crippen LogP contribution in [0.25, 0.3) is 0 Å². The number of ether oxygens (including phenoxy) is 2. The molecule has 2 aliphatic rings. The molecule has 0 aliphatic carbocycles. The van der Waals surface area contributed by atoms with Crippen LogP contribution in [0.2, 0.25) is 0 Å². The molecule has 5 nitrogen and oxygen atoms in total. The summed E-state index contributed by atoms with van der Waals surface area (Å²) in [5, 5.41) is 2.96. The van der Waals surface area contributed by atoms with Crippen LogP contribution >= 0.6 is 0 Å². The van der Waals surface area contributed by atoms with E-state index >= 15 is 0 Å². The van der Waals surface area contributed by atoms with E-state index in [4.69, 9.17) is 9.47 Å². The molecule has 2 saturated heterocycles. The van der Waals surface area contributed by atoms with Crippen molar-refractivity contribution in [2.45, 2.75) is 31.6 Å². The number of rotatable bonds is 3. The summed E-state index contributed by atoms with van der Waals surface area (Å²) in [7, 11) is 0. The third-order valence-electron chi connectivity index (χ3n) is 4.34. The minimum atomic E-state index is -0.383. The van der Waals surface area contributed by atoms with Gasteiger partial charge >= 0.3 is 0 Å². The number of likely N-dealkylation sites (tertiary alicyclic amines) is 1. The zero-order valence-corrected chi connectivity index (χ0v) is 12.4. The molecular formula is C16H22N2O3. The maximum atomic E-state index is 12.3. The highest BCUT2D eigenvalue weighted by Crippen LogP contribution is 2.31. The van der Waals surface area contributed by atoms with Crippen molar-refractivity contribution in [3.63, 3.8) is 0 Å². The van der Waals surface area contributed by atoms with Gasteiger partial charge < -0.3 is 14.8 Å². The summed E-state index contributed by atoms with van der Waals surface area (Å²) in [4.78, 5) is 14.5. The van der Waals surface area contributed by atoms with E-state index in [1.807, 2.05) is 37.3 Å². The molecule has 0 aromatic heterocycles. The van der Waals surface area contributed by atoms with E-state index in [1.54, 1.807) is 0 Å². The molecule has 1 atom stereocenters. The molecule has 0 bridgehead atoms. The summed E-state index contributed by atoms with van der Waals surface area (Å²) < 4.78 is 11.4. The quantitative estimate of drug-likeness (QED) is 0.923. The van der Waals surface area contributed by atoms with Gasteiger partial charge in [0.2, 0.25) is 5.91 Å². The predicted octanol–water partition coefficient (Wildman–Crippen LogP) is 1.85. The van der Waals surface area contributed by atoms with Crippen molar-refractivity contribution in [1.29, 1.82) is 0 Å². The molecule has 2 aliphatic heterocycles. The minimum absolute atomic E-state index is 0.0328. The molecule has 2 fully saturated rings. The third-order valence-corrected chi connectivity index (χ3v) is 4.34. The van der Waals surface area contributed by atoms with E-state index in [0.29, 0.717) is 13.2 Å². The van der Waals surface area contributed by atoms with Gasteiger partial charge in [-0.1, -0.05) is 18.2 Å². The number of carbonyl (C=O) groups is 1. The van der Waals surface area contributed by atoms with E-state index in [-0.39, 0.29) is 17.7 Å². The highest BCUT2D eigenvalue weighted by Gasteiger charge is 2.41. The first-order valence-electron chi connectivity index (χ1n) is 7.56. The van der Waals surface area contributed by atoms with Crippen molar-refractivity contribution in [1.82, 2.24) is 4.90 Å². The second-order valence-electron chi connectivity index (χ2n) is 5.67. The number of para-hydroxylation sites is 1. The fraction of sp³-hybridized carbons (Fsp3) is 0.562. The number of anilines is 1. The first-order valence-corrected chi connectivity index (χ1v) is 7.56. The van der Waals surface area contributed by atoms with Gasteiger partial charge in [0.25, 0.3) is 0 Å². The van der Waals surface area contributed by atoms with Gasteiger partial charge in [-0.25, -0.2) is 0 Å². The summed E-state index contributed by atoms with van der Waals surface area (Å²) in [6.45, 7) is 4.97. The Kier molecular flexibility index (Phi) is 4.24. The average molecular weight is 290 g/mol. The lowest BCUT2D eigenvalue weighted by Crippen LogP contribution is -2.51. The fourth-order valence-corrected chi connectivity index (χ4v) is 2.97. The lowest BCUT2D eigenvalue weighted by molar-refractivity contribution is -0.187. The summed E-state index contributed by atoms with van der Waals surface area (Å²) in [6, 6.07) is 9.42. The second kappa shape index (κ2) is 6.13. The van der Waals surface area contributed by atoms with Gasteiger partial charge in [-0.05, 0) is 19.1 Å². The Morgan fingerprint density at radius 2 is 1.81 bits per heavy atom. The molecule has 114 valence electrons. The molecule has 1 aromatic carbocycles. The standard InChI is InChI=1S/C16H22N2O3/c1-13(15(19)17-14-5-3-2-4-6-14)18-9-7-16(8-10-18)20-11-12-21-16/h2-6,13H,7-12H2,1H3,(H,17,19). The molecule has 0 saturated carbocycles. The van der Waals surface area contributed by atoms with Crippen LogP contribution in [0.1, 0.15) is 19.8 Å².